The monoisotopic (exact) mass is 445 g/mol. The molecule has 1 atom stereocenters. The highest BCUT2D eigenvalue weighted by molar-refractivity contribution is 5.91. The fraction of sp³-hybridized carbons (Fsp3) is 0.300. The number of benzene rings is 2. The van der Waals surface area contributed by atoms with Crippen molar-refractivity contribution in [3.05, 3.63) is 65.7 Å². The number of carboxylic acid groups (broad SMARTS) is 1. The van der Waals surface area contributed by atoms with Crippen molar-refractivity contribution in [3.63, 3.8) is 0 Å². The summed E-state index contributed by atoms with van der Waals surface area (Å²) in [6, 6.07) is 12.1. The first kappa shape index (κ1) is 24.1. The molecule has 0 bridgehead atoms. The van der Waals surface area contributed by atoms with Gasteiger partial charge in [-0.2, -0.15) is 13.2 Å². The lowest BCUT2D eigenvalue weighted by Crippen LogP contribution is -2.52. The maximum absolute atomic E-state index is 13.6. The van der Waals surface area contributed by atoms with Gasteiger partial charge in [-0.1, -0.05) is 18.2 Å². The Morgan fingerprint density at radius 1 is 1.10 bits per heavy atom. The molecule has 11 heteroatoms. The highest BCUT2D eigenvalue weighted by Crippen LogP contribution is 2.26. The maximum atomic E-state index is 13.6. The van der Waals surface area contributed by atoms with Crippen molar-refractivity contribution in [2.45, 2.75) is 12.2 Å². The second-order valence-electron chi connectivity index (χ2n) is 6.60. The minimum Gasteiger partial charge on any atom is -0.475 e. The van der Waals surface area contributed by atoms with Crippen molar-refractivity contribution in [1.82, 2.24) is 10.2 Å². The molecule has 3 rings (SSSR count). The third kappa shape index (κ3) is 6.64. The summed E-state index contributed by atoms with van der Waals surface area (Å²) in [5, 5.41) is 10.3. The molecule has 0 aromatic heterocycles. The number of hydrogen-bond donors (Lipinski definition) is 2. The zero-order valence-electron chi connectivity index (χ0n) is 16.4. The lowest BCUT2D eigenvalue weighted by Gasteiger charge is -2.38. The molecule has 0 aliphatic carbocycles. The van der Waals surface area contributed by atoms with E-state index in [0.29, 0.717) is 25.2 Å². The van der Waals surface area contributed by atoms with Gasteiger partial charge in [-0.05, 0) is 29.8 Å². The van der Waals surface area contributed by atoms with Gasteiger partial charge in [-0.3, -0.25) is 4.90 Å². The van der Waals surface area contributed by atoms with Crippen LogP contribution in [0.1, 0.15) is 11.6 Å². The van der Waals surface area contributed by atoms with Gasteiger partial charge in [0.1, 0.15) is 11.6 Å². The zero-order valence-corrected chi connectivity index (χ0v) is 16.4. The van der Waals surface area contributed by atoms with E-state index in [1.807, 2.05) is 30.3 Å². The Labute approximate surface area is 174 Å². The van der Waals surface area contributed by atoms with Crippen LogP contribution in [0.2, 0.25) is 0 Å². The molecule has 168 valence electrons. The molecule has 0 saturated carbocycles. The smallest absolute Gasteiger partial charge is 0.475 e. The van der Waals surface area contributed by atoms with Crippen LogP contribution >= 0.6 is 0 Å². The highest BCUT2D eigenvalue weighted by atomic mass is 19.4. The number of piperazine rings is 1. The average Bonchev–Trinajstić information content (AvgIpc) is 2.72. The van der Waals surface area contributed by atoms with Crippen LogP contribution < -0.4 is 10.2 Å². The third-order valence-electron chi connectivity index (χ3n) is 4.43. The second kappa shape index (κ2) is 10.2. The van der Waals surface area contributed by atoms with Crippen LogP contribution in [0.25, 0.3) is 0 Å². The van der Waals surface area contributed by atoms with Crippen molar-refractivity contribution < 1.29 is 36.6 Å². The highest BCUT2D eigenvalue weighted by Gasteiger charge is 2.38. The number of urea groups is 1. The van der Waals surface area contributed by atoms with Gasteiger partial charge in [0.25, 0.3) is 0 Å². The molecule has 2 aromatic rings. The number of carboxylic acids is 1. The van der Waals surface area contributed by atoms with E-state index in [-0.39, 0.29) is 6.03 Å². The van der Waals surface area contributed by atoms with Crippen molar-refractivity contribution in [2.24, 2.45) is 0 Å². The largest absolute Gasteiger partial charge is 0.490 e. The molecule has 0 radical (unpaired) electrons. The van der Waals surface area contributed by atoms with Gasteiger partial charge in [0.05, 0.1) is 6.04 Å². The van der Waals surface area contributed by atoms with Gasteiger partial charge in [0.15, 0.2) is 0 Å². The molecule has 6 nitrogen and oxygen atoms in total. The Balaban J connectivity index is 0.000000423. The van der Waals surface area contributed by atoms with E-state index >= 15 is 0 Å². The van der Waals surface area contributed by atoms with E-state index in [1.165, 1.54) is 12.1 Å². The SMILES string of the molecule is CN(C(=O)N1CCNCC1c1cc(F)cc(F)c1)c1ccccc1.O=C(O)C(F)(F)F. The van der Waals surface area contributed by atoms with Crippen LogP contribution in [0.4, 0.5) is 32.4 Å². The van der Waals surface area contributed by atoms with Crippen molar-refractivity contribution >= 4 is 17.7 Å². The van der Waals surface area contributed by atoms with E-state index in [9.17, 15) is 26.7 Å². The molecular weight excluding hydrogens is 425 g/mol. The fourth-order valence-electron chi connectivity index (χ4n) is 2.95. The predicted molar refractivity (Wildman–Crippen MR) is 103 cm³/mol. The number of anilines is 1. The summed E-state index contributed by atoms with van der Waals surface area (Å²) in [7, 11) is 1.70. The number of halogens is 5. The summed E-state index contributed by atoms with van der Waals surface area (Å²) >= 11 is 0. The van der Waals surface area contributed by atoms with E-state index < -0.39 is 29.8 Å². The molecule has 2 aromatic carbocycles. The van der Waals surface area contributed by atoms with Crippen molar-refractivity contribution in [2.75, 3.05) is 31.6 Å². The number of amides is 2. The molecular formula is C20H20F5N3O3. The number of nitrogens with one attached hydrogen (secondary N) is 1. The summed E-state index contributed by atoms with van der Waals surface area (Å²) < 4.78 is 58.9. The number of hydrogen-bond acceptors (Lipinski definition) is 3. The standard InChI is InChI=1S/C18H19F2N3O.C2HF3O2/c1-22(16-5-3-2-4-6-16)18(24)23-8-7-21-12-17(23)13-9-14(19)11-15(20)10-13;3-2(4,5)1(6)7/h2-6,9-11,17,21H,7-8,12H2,1H3;(H,6,7). The Bertz CT molecular complexity index is 888. The number of para-hydroxylation sites is 1. The molecule has 2 amide bonds. The number of nitrogens with zero attached hydrogens (tertiary/aromatic N) is 2. The van der Waals surface area contributed by atoms with E-state index in [4.69, 9.17) is 9.90 Å². The Morgan fingerprint density at radius 2 is 1.65 bits per heavy atom. The van der Waals surface area contributed by atoms with Gasteiger partial charge in [0.2, 0.25) is 0 Å². The van der Waals surface area contributed by atoms with Crippen LogP contribution in [0.15, 0.2) is 48.5 Å². The normalized spacial score (nSPS) is 16.2. The second-order valence-corrected chi connectivity index (χ2v) is 6.60. The van der Waals surface area contributed by atoms with Crippen LogP contribution in [-0.2, 0) is 4.79 Å². The van der Waals surface area contributed by atoms with E-state index in [0.717, 1.165) is 11.8 Å². The first-order valence-corrected chi connectivity index (χ1v) is 9.07. The summed E-state index contributed by atoms with van der Waals surface area (Å²) in [6.45, 7) is 1.57. The molecule has 1 unspecified atom stereocenters. The molecule has 31 heavy (non-hydrogen) atoms. The van der Waals surface area contributed by atoms with Crippen LogP contribution in [0, 0.1) is 11.6 Å². The number of carbonyl (C=O) groups is 2. The minimum absolute atomic E-state index is 0.197. The molecule has 1 saturated heterocycles. The van der Waals surface area contributed by atoms with Crippen LogP contribution in [0.5, 0.6) is 0 Å². The van der Waals surface area contributed by atoms with Crippen LogP contribution in [0.3, 0.4) is 0 Å². The number of rotatable bonds is 2. The molecule has 0 spiro atoms. The van der Waals surface area contributed by atoms with Gasteiger partial charge in [-0.15, -0.1) is 0 Å². The topological polar surface area (TPSA) is 72.9 Å². The van der Waals surface area contributed by atoms with Gasteiger partial charge >= 0.3 is 18.2 Å². The molecule has 1 aliphatic rings. The van der Waals surface area contributed by atoms with Crippen molar-refractivity contribution in [3.8, 4) is 0 Å². The Morgan fingerprint density at radius 3 is 2.16 bits per heavy atom. The number of carbonyl (C=O) groups excluding carboxylic acids is 1. The average molecular weight is 445 g/mol. The molecule has 1 aliphatic heterocycles. The Kier molecular flexibility index (Phi) is 7.92. The number of aliphatic carboxylic acids is 1. The summed E-state index contributed by atoms with van der Waals surface area (Å²) in [5.74, 6) is -4.04. The summed E-state index contributed by atoms with van der Waals surface area (Å²) in [6.07, 6.45) is -5.08. The van der Waals surface area contributed by atoms with E-state index in [1.54, 1.807) is 16.8 Å². The first-order valence-electron chi connectivity index (χ1n) is 9.07. The fourth-order valence-corrected chi connectivity index (χ4v) is 2.95. The van der Waals surface area contributed by atoms with Crippen LogP contribution in [-0.4, -0.2) is 54.9 Å². The third-order valence-corrected chi connectivity index (χ3v) is 4.43. The lowest BCUT2D eigenvalue weighted by atomic mass is 10.0. The molecule has 1 heterocycles. The Hall–Kier alpha value is -3.21. The lowest BCUT2D eigenvalue weighted by molar-refractivity contribution is -0.192. The maximum Gasteiger partial charge on any atom is 0.490 e. The molecule has 2 N–H and O–H groups in total. The van der Waals surface area contributed by atoms with Gasteiger partial charge in [-0.25, -0.2) is 18.4 Å². The quantitative estimate of drug-likeness (QED) is 0.690. The zero-order chi connectivity index (χ0) is 23.2. The van der Waals surface area contributed by atoms with E-state index in [2.05, 4.69) is 5.32 Å². The summed E-state index contributed by atoms with van der Waals surface area (Å²) in [5.41, 5.74) is 1.22. The predicted octanol–water partition coefficient (Wildman–Crippen LogP) is 3.80. The first-order chi connectivity index (χ1) is 14.5. The molecule has 1 fully saturated rings. The van der Waals surface area contributed by atoms with Gasteiger partial charge in [0, 0.05) is 38.4 Å². The number of alkyl halides is 3. The minimum atomic E-state index is -5.08. The van der Waals surface area contributed by atoms with Crippen molar-refractivity contribution in [1.29, 1.82) is 0 Å². The summed E-state index contributed by atoms with van der Waals surface area (Å²) in [4.78, 5) is 25.0. The van der Waals surface area contributed by atoms with Gasteiger partial charge < -0.3 is 15.3 Å².